The van der Waals surface area contributed by atoms with Crippen LogP contribution in [0.3, 0.4) is 0 Å². The largest absolute Gasteiger partial charge is 0.492 e. The molecule has 0 spiro atoms. The number of urea groups is 1. The lowest BCUT2D eigenvalue weighted by molar-refractivity contribution is 0.181. The van der Waals surface area contributed by atoms with Crippen LogP contribution in [-0.4, -0.2) is 56.6 Å². The van der Waals surface area contributed by atoms with Gasteiger partial charge in [0.1, 0.15) is 12.4 Å². The van der Waals surface area contributed by atoms with Gasteiger partial charge in [0.15, 0.2) is 9.84 Å². The van der Waals surface area contributed by atoms with Gasteiger partial charge in [-0.25, -0.2) is 13.2 Å². The summed E-state index contributed by atoms with van der Waals surface area (Å²) in [5, 5.41) is 2.80. The van der Waals surface area contributed by atoms with Crippen LogP contribution in [0.4, 0.5) is 4.79 Å². The van der Waals surface area contributed by atoms with Gasteiger partial charge in [0, 0.05) is 12.6 Å². The predicted octanol–water partition coefficient (Wildman–Crippen LogP) is 1.85. The van der Waals surface area contributed by atoms with E-state index in [1.807, 2.05) is 31.2 Å². The lowest BCUT2D eigenvalue weighted by atomic mass is 10.2. The first kappa shape index (κ1) is 18.6. The summed E-state index contributed by atoms with van der Waals surface area (Å²) in [7, 11) is -3.00. The highest BCUT2D eigenvalue weighted by molar-refractivity contribution is 7.91. The fourth-order valence-electron chi connectivity index (χ4n) is 2.84. The molecule has 1 aromatic carbocycles. The van der Waals surface area contributed by atoms with Crippen LogP contribution in [0.15, 0.2) is 24.3 Å². The van der Waals surface area contributed by atoms with Gasteiger partial charge < -0.3 is 15.0 Å². The van der Waals surface area contributed by atoms with Gasteiger partial charge in [-0.3, -0.25) is 0 Å². The molecule has 1 heterocycles. The maximum Gasteiger partial charge on any atom is 0.317 e. The zero-order valence-electron chi connectivity index (χ0n) is 14.3. The summed E-state index contributed by atoms with van der Waals surface area (Å²) in [6.45, 7) is 5.20. The molecule has 2 amide bonds. The zero-order chi connectivity index (χ0) is 17.6. The minimum atomic E-state index is -3.00. The summed E-state index contributed by atoms with van der Waals surface area (Å²) >= 11 is 0. The van der Waals surface area contributed by atoms with E-state index in [0.717, 1.165) is 12.2 Å². The van der Waals surface area contributed by atoms with Crippen molar-refractivity contribution >= 4 is 15.9 Å². The van der Waals surface area contributed by atoms with Crippen molar-refractivity contribution in [3.8, 4) is 5.75 Å². The number of nitrogens with one attached hydrogen (secondary N) is 1. The number of nitrogens with zero attached hydrogens (tertiary/aromatic N) is 1. The molecular formula is C17H26N2O4S. The molecule has 1 atom stereocenters. The Hall–Kier alpha value is -1.76. The standard InChI is InChI=1S/C17H26N2O4S/c1-3-14-5-7-16(8-6-14)23-11-10-18-17(20)19(4-2)15-9-12-24(21,22)13-15/h5-8,15H,3-4,9-13H2,1-2H3,(H,18,20). The van der Waals surface area contributed by atoms with Gasteiger partial charge in [-0.15, -0.1) is 0 Å². The molecule has 1 N–H and O–H groups in total. The van der Waals surface area contributed by atoms with Crippen LogP contribution >= 0.6 is 0 Å². The molecule has 134 valence electrons. The number of rotatable bonds is 7. The molecule has 1 aromatic rings. The Labute approximate surface area is 144 Å². The highest BCUT2D eigenvalue weighted by Gasteiger charge is 2.33. The molecule has 0 bridgehead atoms. The van der Waals surface area contributed by atoms with Crippen molar-refractivity contribution in [1.29, 1.82) is 0 Å². The topological polar surface area (TPSA) is 75.7 Å². The number of ether oxygens (including phenoxy) is 1. The average molecular weight is 354 g/mol. The molecule has 1 aliphatic heterocycles. The van der Waals surface area contributed by atoms with Crippen LogP contribution < -0.4 is 10.1 Å². The second-order valence-corrected chi connectivity index (χ2v) is 8.15. The third kappa shape index (κ3) is 5.12. The Balaban J connectivity index is 1.75. The fourth-order valence-corrected chi connectivity index (χ4v) is 4.57. The predicted molar refractivity (Wildman–Crippen MR) is 94.2 cm³/mol. The highest BCUT2D eigenvalue weighted by atomic mass is 32.2. The normalized spacial score (nSPS) is 19.0. The minimum Gasteiger partial charge on any atom is -0.492 e. The number of benzene rings is 1. The number of carbonyl (C=O) groups excluding carboxylic acids is 1. The Morgan fingerprint density at radius 3 is 2.54 bits per heavy atom. The minimum absolute atomic E-state index is 0.0640. The number of sulfone groups is 1. The Morgan fingerprint density at radius 1 is 1.29 bits per heavy atom. The van der Waals surface area contributed by atoms with Crippen molar-refractivity contribution in [2.24, 2.45) is 0 Å². The molecule has 1 unspecified atom stereocenters. The second kappa shape index (κ2) is 8.37. The average Bonchev–Trinajstić information content (AvgIpc) is 2.92. The molecule has 0 radical (unpaired) electrons. The van der Waals surface area contributed by atoms with Crippen LogP contribution in [0, 0.1) is 0 Å². The zero-order valence-corrected chi connectivity index (χ0v) is 15.1. The monoisotopic (exact) mass is 354 g/mol. The second-order valence-electron chi connectivity index (χ2n) is 5.92. The van der Waals surface area contributed by atoms with Crippen molar-refractivity contribution in [2.75, 3.05) is 31.2 Å². The number of aryl methyl sites for hydroxylation is 1. The first-order chi connectivity index (χ1) is 11.4. The van der Waals surface area contributed by atoms with Crippen LogP contribution in [0.2, 0.25) is 0 Å². The molecule has 0 saturated carbocycles. The number of amides is 2. The Bertz CT molecular complexity index is 643. The summed E-state index contributed by atoms with van der Waals surface area (Å²) in [5.74, 6) is 1.00. The maximum absolute atomic E-state index is 12.2. The van der Waals surface area contributed by atoms with E-state index in [-0.39, 0.29) is 23.6 Å². The van der Waals surface area contributed by atoms with E-state index in [2.05, 4.69) is 12.2 Å². The Kier molecular flexibility index (Phi) is 6.48. The van der Waals surface area contributed by atoms with Gasteiger partial charge in [-0.2, -0.15) is 0 Å². The Morgan fingerprint density at radius 2 is 2.00 bits per heavy atom. The van der Waals surface area contributed by atoms with Crippen LogP contribution in [-0.2, 0) is 16.3 Å². The van der Waals surface area contributed by atoms with Crippen LogP contribution in [0.5, 0.6) is 5.75 Å². The van der Waals surface area contributed by atoms with Gasteiger partial charge in [0.2, 0.25) is 0 Å². The number of carbonyl (C=O) groups is 1. The van der Waals surface area contributed by atoms with Gasteiger partial charge >= 0.3 is 6.03 Å². The molecule has 0 aliphatic carbocycles. The molecule has 6 nitrogen and oxygen atoms in total. The molecule has 1 fully saturated rings. The van der Waals surface area contributed by atoms with Gasteiger partial charge in [-0.1, -0.05) is 19.1 Å². The first-order valence-electron chi connectivity index (χ1n) is 8.41. The van der Waals surface area contributed by atoms with Gasteiger partial charge in [0.25, 0.3) is 0 Å². The van der Waals surface area contributed by atoms with E-state index < -0.39 is 9.84 Å². The lowest BCUT2D eigenvalue weighted by Crippen LogP contribution is -2.47. The van der Waals surface area contributed by atoms with Crippen molar-refractivity contribution in [1.82, 2.24) is 10.2 Å². The molecule has 1 saturated heterocycles. The molecule has 7 heteroatoms. The smallest absolute Gasteiger partial charge is 0.317 e. The molecule has 1 aliphatic rings. The van der Waals surface area contributed by atoms with Gasteiger partial charge in [0.05, 0.1) is 18.1 Å². The third-order valence-electron chi connectivity index (χ3n) is 4.23. The lowest BCUT2D eigenvalue weighted by Gasteiger charge is -2.27. The molecule has 24 heavy (non-hydrogen) atoms. The molecule has 0 aromatic heterocycles. The van der Waals surface area contributed by atoms with Crippen LogP contribution in [0.1, 0.15) is 25.8 Å². The molecule has 2 rings (SSSR count). The highest BCUT2D eigenvalue weighted by Crippen LogP contribution is 2.17. The van der Waals surface area contributed by atoms with Crippen molar-refractivity contribution < 1.29 is 17.9 Å². The summed E-state index contributed by atoms with van der Waals surface area (Å²) in [6, 6.07) is 7.43. The first-order valence-corrected chi connectivity index (χ1v) is 10.2. The summed E-state index contributed by atoms with van der Waals surface area (Å²) in [4.78, 5) is 13.8. The maximum atomic E-state index is 12.2. The van der Waals surface area contributed by atoms with E-state index in [4.69, 9.17) is 4.74 Å². The van der Waals surface area contributed by atoms with E-state index in [1.54, 1.807) is 4.90 Å². The molecular weight excluding hydrogens is 328 g/mol. The van der Waals surface area contributed by atoms with E-state index in [9.17, 15) is 13.2 Å². The van der Waals surface area contributed by atoms with Gasteiger partial charge in [-0.05, 0) is 37.5 Å². The quantitative estimate of drug-likeness (QED) is 0.758. The number of hydrogen-bond acceptors (Lipinski definition) is 4. The fraction of sp³-hybridized carbons (Fsp3) is 0.588. The van der Waals surface area contributed by atoms with E-state index in [0.29, 0.717) is 26.1 Å². The summed E-state index contributed by atoms with van der Waals surface area (Å²) in [6.07, 6.45) is 1.50. The SMILES string of the molecule is CCc1ccc(OCCNC(=O)N(CC)C2CCS(=O)(=O)C2)cc1. The summed E-state index contributed by atoms with van der Waals surface area (Å²) in [5.41, 5.74) is 1.25. The third-order valence-corrected chi connectivity index (χ3v) is 5.98. The van der Waals surface area contributed by atoms with Crippen molar-refractivity contribution in [2.45, 2.75) is 32.7 Å². The van der Waals surface area contributed by atoms with Crippen molar-refractivity contribution in [3.05, 3.63) is 29.8 Å². The van der Waals surface area contributed by atoms with E-state index in [1.165, 1.54) is 5.56 Å². The van der Waals surface area contributed by atoms with Crippen LogP contribution in [0.25, 0.3) is 0 Å². The summed E-state index contributed by atoms with van der Waals surface area (Å²) < 4.78 is 28.7. The van der Waals surface area contributed by atoms with Crippen molar-refractivity contribution in [3.63, 3.8) is 0 Å². The number of hydrogen-bond donors (Lipinski definition) is 1. The van der Waals surface area contributed by atoms with E-state index >= 15 is 0 Å².